The maximum atomic E-state index is 12.6. The van der Waals surface area contributed by atoms with Gasteiger partial charge in [-0.2, -0.15) is 0 Å². The number of aliphatic carboxylic acids is 1. The Morgan fingerprint density at radius 3 is 2.24 bits per heavy atom. The van der Waals surface area contributed by atoms with Crippen molar-refractivity contribution in [3.05, 3.63) is 59.7 Å². The zero-order valence-corrected chi connectivity index (χ0v) is 18.1. The highest BCUT2D eigenvalue weighted by Gasteiger charge is 2.33. The summed E-state index contributed by atoms with van der Waals surface area (Å²) in [6.07, 6.45) is -1.35. The van der Waals surface area contributed by atoms with Crippen LogP contribution in [0.4, 0.5) is 4.79 Å². The standard InChI is InChI=1S/C24H25N3O6/c1-27-12-14(10-21(27)28)25-23(31)20(11-22(29)30)26-24(32)33-13-19-17-8-4-2-6-15(17)16-7-3-5-9-18(16)19/h2-9,14,19-20H,10-13H2,1H3,(H,25,31)(H,26,32)(H,29,30). The lowest BCUT2D eigenvalue weighted by Gasteiger charge is -2.20. The van der Waals surface area contributed by atoms with Crippen molar-refractivity contribution in [2.75, 3.05) is 20.2 Å². The molecule has 2 aromatic rings. The second kappa shape index (κ2) is 9.32. The Morgan fingerprint density at radius 1 is 1.09 bits per heavy atom. The van der Waals surface area contributed by atoms with Gasteiger partial charge in [-0.3, -0.25) is 14.4 Å². The number of ether oxygens (including phenoxy) is 1. The monoisotopic (exact) mass is 451 g/mol. The zero-order chi connectivity index (χ0) is 23.5. The Balaban J connectivity index is 1.39. The number of carboxylic acids is 1. The molecule has 2 unspecified atom stereocenters. The van der Waals surface area contributed by atoms with Crippen molar-refractivity contribution in [1.82, 2.24) is 15.5 Å². The van der Waals surface area contributed by atoms with Crippen LogP contribution in [0.15, 0.2) is 48.5 Å². The molecule has 1 fully saturated rings. The first-order valence-corrected chi connectivity index (χ1v) is 10.7. The normalized spacial score (nSPS) is 17.8. The predicted octanol–water partition coefficient (Wildman–Crippen LogP) is 1.72. The number of nitrogens with one attached hydrogen (secondary N) is 2. The average molecular weight is 451 g/mol. The number of rotatable bonds is 7. The molecule has 4 rings (SSSR count). The van der Waals surface area contributed by atoms with Crippen LogP contribution >= 0.6 is 0 Å². The molecule has 172 valence electrons. The highest BCUT2D eigenvalue weighted by atomic mass is 16.5. The number of likely N-dealkylation sites (tertiary alicyclic amines) is 1. The highest BCUT2D eigenvalue weighted by molar-refractivity contribution is 5.90. The summed E-state index contributed by atoms with van der Waals surface area (Å²) in [4.78, 5) is 49.5. The Morgan fingerprint density at radius 2 is 1.70 bits per heavy atom. The second-order valence-electron chi connectivity index (χ2n) is 8.30. The summed E-state index contributed by atoms with van der Waals surface area (Å²) in [6, 6.07) is 14.0. The molecule has 0 aromatic heterocycles. The molecule has 2 atom stereocenters. The summed E-state index contributed by atoms with van der Waals surface area (Å²) in [7, 11) is 1.62. The van der Waals surface area contributed by atoms with Crippen molar-refractivity contribution in [1.29, 1.82) is 0 Å². The van der Waals surface area contributed by atoms with E-state index in [-0.39, 0.29) is 24.9 Å². The molecular weight excluding hydrogens is 426 g/mol. The minimum absolute atomic E-state index is 0.0448. The summed E-state index contributed by atoms with van der Waals surface area (Å²) in [5.74, 6) is -2.18. The third kappa shape index (κ3) is 4.82. The van der Waals surface area contributed by atoms with E-state index in [0.717, 1.165) is 22.3 Å². The van der Waals surface area contributed by atoms with Crippen LogP contribution in [-0.4, -0.2) is 66.2 Å². The van der Waals surface area contributed by atoms with Gasteiger partial charge < -0.3 is 25.4 Å². The lowest BCUT2D eigenvalue weighted by Crippen LogP contribution is -2.51. The van der Waals surface area contributed by atoms with E-state index in [1.54, 1.807) is 7.05 Å². The number of amides is 3. The van der Waals surface area contributed by atoms with Crippen molar-refractivity contribution in [3.8, 4) is 11.1 Å². The highest BCUT2D eigenvalue weighted by Crippen LogP contribution is 2.44. The van der Waals surface area contributed by atoms with Crippen LogP contribution < -0.4 is 10.6 Å². The molecule has 9 heteroatoms. The SMILES string of the molecule is CN1CC(NC(=O)C(CC(=O)O)NC(=O)OCC2c3ccccc3-c3ccccc32)CC1=O. The Labute approximate surface area is 190 Å². The number of likely N-dealkylation sites (N-methyl/N-ethyl adjacent to an activating group) is 1. The molecule has 1 heterocycles. The van der Waals surface area contributed by atoms with Crippen LogP contribution in [0.25, 0.3) is 11.1 Å². The second-order valence-corrected chi connectivity index (χ2v) is 8.30. The lowest BCUT2D eigenvalue weighted by atomic mass is 9.98. The molecule has 1 saturated heterocycles. The number of nitrogens with zero attached hydrogens (tertiary/aromatic N) is 1. The van der Waals surface area contributed by atoms with Crippen LogP contribution in [0.5, 0.6) is 0 Å². The largest absolute Gasteiger partial charge is 0.481 e. The average Bonchev–Trinajstić information content (AvgIpc) is 3.27. The smallest absolute Gasteiger partial charge is 0.407 e. The number of fused-ring (bicyclic) bond motifs is 3. The van der Waals surface area contributed by atoms with E-state index >= 15 is 0 Å². The van der Waals surface area contributed by atoms with E-state index in [0.29, 0.717) is 6.54 Å². The molecule has 2 aromatic carbocycles. The fourth-order valence-electron chi connectivity index (χ4n) is 4.43. The minimum atomic E-state index is -1.32. The molecule has 2 aliphatic rings. The van der Waals surface area contributed by atoms with Gasteiger partial charge in [0.2, 0.25) is 11.8 Å². The molecule has 33 heavy (non-hydrogen) atoms. The topological polar surface area (TPSA) is 125 Å². The molecule has 1 aliphatic heterocycles. The van der Waals surface area contributed by atoms with Gasteiger partial charge in [0.05, 0.1) is 12.5 Å². The number of benzene rings is 2. The fourth-order valence-corrected chi connectivity index (χ4v) is 4.43. The summed E-state index contributed by atoms with van der Waals surface area (Å²) in [6.45, 7) is 0.374. The molecule has 0 spiro atoms. The molecule has 0 radical (unpaired) electrons. The molecule has 3 amide bonds. The number of carbonyl (C=O) groups excluding carboxylic acids is 3. The van der Waals surface area contributed by atoms with Crippen molar-refractivity contribution in [2.45, 2.75) is 30.8 Å². The van der Waals surface area contributed by atoms with E-state index in [1.807, 2.05) is 48.5 Å². The first kappa shape index (κ1) is 22.3. The van der Waals surface area contributed by atoms with Crippen molar-refractivity contribution >= 4 is 23.9 Å². The van der Waals surface area contributed by atoms with Crippen LogP contribution in [0.3, 0.4) is 0 Å². The van der Waals surface area contributed by atoms with E-state index < -0.39 is 36.5 Å². The Hall–Kier alpha value is -3.88. The lowest BCUT2D eigenvalue weighted by molar-refractivity contribution is -0.140. The van der Waals surface area contributed by atoms with Crippen molar-refractivity contribution in [2.24, 2.45) is 0 Å². The minimum Gasteiger partial charge on any atom is -0.481 e. The van der Waals surface area contributed by atoms with Gasteiger partial charge >= 0.3 is 12.1 Å². The Bertz CT molecular complexity index is 1060. The summed E-state index contributed by atoms with van der Waals surface area (Å²) in [5, 5.41) is 14.2. The maximum Gasteiger partial charge on any atom is 0.407 e. The fraction of sp³-hybridized carbons (Fsp3) is 0.333. The third-order valence-electron chi connectivity index (χ3n) is 6.02. The van der Waals surface area contributed by atoms with Gasteiger partial charge in [-0.15, -0.1) is 0 Å². The van der Waals surface area contributed by atoms with Crippen LogP contribution in [-0.2, 0) is 19.1 Å². The number of hydrogen-bond donors (Lipinski definition) is 3. The van der Waals surface area contributed by atoms with E-state index in [9.17, 15) is 24.3 Å². The van der Waals surface area contributed by atoms with Crippen molar-refractivity contribution in [3.63, 3.8) is 0 Å². The molecule has 0 bridgehead atoms. The van der Waals surface area contributed by atoms with Gasteiger partial charge in [-0.1, -0.05) is 48.5 Å². The first-order chi connectivity index (χ1) is 15.8. The van der Waals surface area contributed by atoms with Gasteiger partial charge in [0.25, 0.3) is 0 Å². The number of carboxylic acid groups (broad SMARTS) is 1. The first-order valence-electron chi connectivity index (χ1n) is 10.7. The predicted molar refractivity (Wildman–Crippen MR) is 118 cm³/mol. The van der Waals surface area contributed by atoms with Crippen LogP contribution in [0.2, 0.25) is 0 Å². The summed E-state index contributed by atoms with van der Waals surface area (Å²) >= 11 is 0. The van der Waals surface area contributed by atoms with E-state index in [2.05, 4.69) is 10.6 Å². The van der Waals surface area contributed by atoms with Gasteiger partial charge in [0.1, 0.15) is 12.6 Å². The van der Waals surface area contributed by atoms with Gasteiger partial charge in [0, 0.05) is 25.9 Å². The van der Waals surface area contributed by atoms with Crippen LogP contribution in [0, 0.1) is 0 Å². The zero-order valence-electron chi connectivity index (χ0n) is 18.1. The Kier molecular flexibility index (Phi) is 6.30. The molecule has 0 saturated carbocycles. The van der Waals surface area contributed by atoms with Gasteiger partial charge in [-0.05, 0) is 22.3 Å². The summed E-state index contributed by atoms with van der Waals surface area (Å²) < 4.78 is 5.42. The number of hydrogen-bond acceptors (Lipinski definition) is 5. The summed E-state index contributed by atoms with van der Waals surface area (Å²) in [5.41, 5.74) is 4.25. The third-order valence-corrected chi connectivity index (χ3v) is 6.02. The quantitative estimate of drug-likeness (QED) is 0.589. The molecule has 3 N–H and O–H groups in total. The van der Waals surface area contributed by atoms with Gasteiger partial charge in [0.15, 0.2) is 0 Å². The maximum absolute atomic E-state index is 12.6. The molecule has 9 nitrogen and oxygen atoms in total. The van der Waals surface area contributed by atoms with Crippen molar-refractivity contribution < 1.29 is 29.0 Å². The number of carbonyl (C=O) groups is 4. The molecule has 1 aliphatic carbocycles. The van der Waals surface area contributed by atoms with Gasteiger partial charge in [-0.25, -0.2) is 4.79 Å². The van der Waals surface area contributed by atoms with E-state index in [1.165, 1.54) is 4.90 Å². The number of alkyl carbamates (subject to hydrolysis) is 1. The van der Waals surface area contributed by atoms with E-state index in [4.69, 9.17) is 4.74 Å². The molecular formula is C24H25N3O6. The van der Waals surface area contributed by atoms with Crippen LogP contribution in [0.1, 0.15) is 29.9 Å².